The van der Waals surface area contributed by atoms with Crippen LogP contribution in [0.25, 0.3) is 11.0 Å². The number of aryl methyl sites for hydroxylation is 2. The summed E-state index contributed by atoms with van der Waals surface area (Å²) in [5.41, 5.74) is 4.23. The molecule has 7 nitrogen and oxygen atoms in total. The van der Waals surface area contributed by atoms with Gasteiger partial charge in [-0.15, -0.1) is 0 Å². The number of rotatable bonds is 9. The number of hydrogen-bond donors (Lipinski definition) is 0. The monoisotopic (exact) mass is 462 g/mol. The van der Waals surface area contributed by atoms with Crippen molar-refractivity contribution in [2.45, 2.75) is 51.2 Å². The molecule has 168 valence electrons. The minimum Gasteiger partial charge on any atom is -0.351 e. The number of nitrogens with zero attached hydrogens (tertiary/aromatic N) is 4. The van der Waals surface area contributed by atoms with Crippen molar-refractivity contribution < 1.29 is 13.2 Å². The van der Waals surface area contributed by atoms with Gasteiger partial charge in [0.2, 0.25) is 10.0 Å². The van der Waals surface area contributed by atoms with Crippen molar-refractivity contribution in [3.8, 4) is 0 Å². The lowest BCUT2D eigenvalue weighted by Crippen LogP contribution is -2.30. The first-order valence-electron chi connectivity index (χ1n) is 10.4. The van der Waals surface area contributed by atoms with Gasteiger partial charge in [0, 0.05) is 43.6 Å². The molecule has 0 fully saturated rings. The number of carbonyl (C=O) groups is 1. The van der Waals surface area contributed by atoms with Gasteiger partial charge in [0.15, 0.2) is 10.9 Å². The highest BCUT2D eigenvalue weighted by atomic mass is 32.2. The van der Waals surface area contributed by atoms with Crippen LogP contribution >= 0.6 is 11.8 Å². The number of hydrogen-bond acceptors (Lipinski definition) is 5. The number of Topliss-reactive ketones (excluding diaryl/α,β-unsaturated/α-hetero) is 1. The molecule has 0 aliphatic carbocycles. The molecule has 2 aromatic heterocycles. The van der Waals surface area contributed by atoms with Crippen LogP contribution in [0.1, 0.15) is 42.5 Å². The average Bonchev–Trinajstić information content (AvgIpc) is 3.23. The lowest BCUT2D eigenvalue weighted by atomic mass is 10.2. The minimum atomic E-state index is -3.55. The Morgan fingerprint density at radius 1 is 1.13 bits per heavy atom. The quantitative estimate of drug-likeness (QED) is 0.355. The summed E-state index contributed by atoms with van der Waals surface area (Å²) in [5.74, 6) is 0.337. The van der Waals surface area contributed by atoms with Crippen molar-refractivity contribution in [1.29, 1.82) is 0 Å². The highest BCUT2D eigenvalue weighted by Crippen LogP contribution is 2.28. The van der Waals surface area contributed by atoms with Crippen LogP contribution in [0.3, 0.4) is 0 Å². The molecule has 0 radical (unpaired) electrons. The molecule has 3 rings (SSSR count). The highest BCUT2D eigenvalue weighted by Gasteiger charge is 2.23. The number of aromatic nitrogens is 3. The summed E-state index contributed by atoms with van der Waals surface area (Å²) < 4.78 is 31.2. The van der Waals surface area contributed by atoms with E-state index in [9.17, 15) is 13.2 Å². The molecule has 1 aromatic carbocycles. The van der Waals surface area contributed by atoms with Crippen LogP contribution in [0.4, 0.5) is 0 Å². The predicted molar refractivity (Wildman–Crippen MR) is 125 cm³/mol. The summed E-state index contributed by atoms with van der Waals surface area (Å²) in [5, 5.41) is 0.716. The fraction of sp³-hybridized carbons (Fsp3) is 0.455. The predicted octanol–water partition coefficient (Wildman–Crippen LogP) is 4.02. The maximum Gasteiger partial charge on any atom is 0.243 e. The van der Waals surface area contributed by atoms with Gasteiger partial charge in [0.1, 0.15) is 0 Å². The van der Waals surface area contributed by atoms with Crippen LogP contribution in [0.2, 0.25) is 0 Å². The van der Waals surface area contributed by atoms with Crippen LogP contribution in [0.15, 0.2) is 34.3 Å². The van der Waals surface area contributed by atoms with Crippen molar-refractivity contribution in [3.05, 3.63) is 41.2 Å². The molecule has 0 atom stereocenters. The second-order valence-corrected chi connectivity index (χ2v) is 10.3. The molecule has 0 bridgehead atoms. The highest BCUT2D eigenvalue weighted by molar-refractivity contribution is 7.99. The zero-order chi connectivity index (χ0) is 22.9. The van der Waals surface area contributed by atoms with Crippen molar-refractivity contribution in [3.63, 3.8) is 0 Å². The van der Waals surface area contributed by atoms with Crippen LogP contribution in [0.5, 0.6) is 0 Å². The molecule has 0 aliphatic rings. The summed E-state index contributed by atoms with van der Waals surface area (Å²) in [6.07, 6.45) is 0. The molecule has 0 unspecified atom stereocenters. The van der Waals surface area contributed by atoms with Gasteiger partial charge in [-0.3, -0.25) is 4.79 Å². The molecule has 0 saturated carbocycles. The molecule has 0 aliphatic heterocycles. The van der Waals surface area contributed by atoms with Crippen molar-refractivity contribution in [2.24, 2.45) is 7.05 Å². The Labute approximate surface area is 188 Å². The Hall–Kier alpha value is -2.10. The first-order valence-corrected chi connectivity index (χ1v) is 12.9. The summed E-state index contributed by atoms with van der Waals surface area (Å²) in [6, 6.07) is 7.00. The number of ketones is 1. The Morgan fingerprint density at radius 2 is 1.81 bits per heavy atom. The van der Waals surface area contributed by atoms with Gasteiger partial charge in [-0.05, 0) is 45.0 Å². The fourth-order valence-electron chi connectivity index (χ4n) is 3.72. The third-order valence-electron chi connectivity index (χ3n) is 5.75. The summed E-state index contributed by atoms with van der Waals surface area (Å²) >= 11 is 1.39. The number of sulfonamides is 1. The van der Waals surface area contributed by atoms with Gasteiger partial charge in [-0.1, -0.05) is 25.6 Å². The molecule has 2 heterocycles. The van der Waals surface area contributed by atoms with E-state index in [0.717, 1.165) is 22.5 Å². The fourth-order valence-corrected chi connectivity index (χ4v) is 6.16. The zero-order valence-corrected chi connectivity index (χ0v) is 20.6. The molecular weight excluding hydrogens is 432 g/mol. The van der Waals surface area contributed by atoms with Gasteiger partial charge in [0.25, 0.3) is 0 Å². The van der Waals surface area contributed by atoms with E-state index in [4.69, 9.17) is 0 Å². The van der Waals surface area contributed by atoms with Gasteiger partial charge >= 0.3 is 0 Å². The van der Waals surface area contributed by atoms with Gasteiger partial charge in [-0.2, -0.15) is 4.31 Å². The van der Waals surface area contributed by atoms with Crippen molar-refractivity contribution in [1.82, 2.24) is 18.4 Å². The first-order chi connectivity index (χ1) is 14.6. The summed E-state index contributed by atoms with van der Waals surface area (Å²) in [4.78, 5) is 17.7. The summed E-state index contributed by atoms with van der Waals surface area (Å²) in [6.45, 7) is 11.1. The lowest BCUT2D eigenvalue weighted by Gasteiger charge is -2.18. The number of thioether (sulfide) groups is 1. The molecule has 31 heavy (non-hydrogen) atoms. The van der Waals surface area contributed by atoms with E-state index in [1.165, 1.54) is 16.1 Å². The Bertz CT molecular complexity index is 1220. The molecule has 3 aromatic rings. The largest absolute Gasteiger partial charge is 0.351 e. The maximum atomic E-state index is 12.9. The molecule has 0 saturated heterocycles. The van der Waals surface area contributed by atoms with Crippen LogP contribution in [0, 0.1) is 13.8 Å². The molecule has 0 amide bonds. The van der Waals surface area contributed by atoms with Gasteiger partial charge < -0.3 is 9.13 Å². The molecule has 0 N–H and O–H groups in total. The van der Waals surface area contributed by atoms with E-state index >= 15 is 0 Å². The number of imidazole rings is 1. The normalized spacial score (nSPS) is 12.2. The van der Waals surface area contributed by atoms with Crippen LogP contribution < -0.4 is 0 Å². The number of fused-ring (bicyclic) bond motifs is 1. The van der Waals surface area contributed by atoms with Crippen molar-refractivity contribution in [2.75, 3.05) is 18.8 Å². The number of carbonyl (C=O) groups excluding carboxylic acids is 1. The Balaban J connectivity index is 1.91. The third-order valence-corrected chi connectivity index (χ3v) is 8.77. The third kappa shape index (κ3) is 4.31. The van der Waals surface area contributed by atoms with Crippen molar-refractivity contribution >= 4 is 38.6 Å². The Morgan fingerprint density at radius 3 is 2.35 bits per heavy atom. The summed E-state index contributed by atoms with van der Waals surface area (Å²) in [7, 11) is -1.60. The maximum absolute atomic E-state index is 12.9. The van der Waals surface area contributed by atoms with E-state index in [2.05, 4.69) is 4.98 Å². The zero-order valence-electron chi connectivity index (χ0n) is 19.0. The molecular formula is C22H30N4O3S2. The first kappa shape index (κ1) is 23.6. The van der Waals surface area contributed by atoms with Crippen LogP contribution in [-0.4, -0.2) is 51.5 Å². The van der Waals surface area contributed by atoms with E-state index in [-0.39, 0.29) is 16.4 Å². The Kier molecular flexibility index (Phi) is 6.98. The molecule has 0 spiro atoms. The topological polar surface area (TPSA) is 77.2 Å². The standard InChI is InChI=1S/C22H30N4O3S2/c1-7-25(8-2)31(28,29)17-10-11-20-19(13-17)23-22(26(20)9-3)30-14-21(27)18-12-15(4)24(6)16(18)5/h10-13H,7-9,14H2,1-6H3. The van der Waals surface area contributed by atoms with Crippen LogP contribution in [-0.2, 0) is 23.6 Å². The molecule has 9 heteroatoms. The lowest BCUT2D eigenvalue weighted by molar-refractivity contribution is 0.102. The van der Waals surface area contributed by atoms with E-state index in [1.807, 2.05) is 56.9 Å². The van der Waals surface area contributed by atoms with E-state index in [0.29, 0.717) is 30.3 Å². The SMILES string of the molecule is CCN(CC)S(=O)(=O)c1ccc2c(c1)nc(SCC(=O)c1cc(C)n(C)c1C)n2CC. The van der Waals surface area contributed by atoms with E-state index in [1.54, 1.807) is 18.2 Å². The average molecular weight is 463 g/mol. The van der Waals surface area contributed by atoms with Gasteiger partial charge in [-0.25, -0.2) is 13.4 Å². The second-order valence-electron chi connectivity index (χ2n) is 7.43. The second kappa shape index (κ2) is 9.18. The number of benzene rings is 1. The minimum absolute atomic E-state index is 0.0608. The smallest absolute Gasteiger partial charge is 0.243 e. The van der Waals surface area contributed by atoms with Gasteiger partial charge in [0.05, 0.1) is 21.7 Å². The van der Waals surface area contributed by atoms with E-state index < -0.39 is 10.0 Å².